The van der Waals surface area contributed by atoms with Gasteiger partial charge >= 0.3 is 12.1 Å². The van der Waals surface area contributed by atoms with Crippen LogP contribution < -0.4 is 0 Å². The normalized spacial score (nSPS) is 20.1. The molecule has 1 rings (SSSR count). The third-order valence-electron chi connectivity index (χ3n) is 2.82. The highest BCUT2D eigenvalue weighted by Gasteiger charge is 2.33. The Bertz CT molecular complexity index is 372. The maximum atomic E-state index is 11.9. The molecule has 1 saturated heterocycles. The number of Topliss-reactive ketones (excluding diaryl/α,β-unsaturated/α-hetero) is 1. The van der Waals surface area contributed by atoms with E-state index in [9.17, 15) is 14.4 Å². The molecule has 0 spiro atoms. The largest absolute Gasteiger partial charge is 0.469 e. The van der Waals surface area contributed by atoms with Crippen molar-refractivity contribution in [2.45, 2.75) is 39.2 Å². The van der Waals surface area contributed by atoms with Gasteiger partial charge < -0.3 is 14.4 Å². The van der Waals surface area contributed by atoms with Gasteiger partial charge in [0.2, 0.25) is 0 Å². The zero-order valence-electron chi connectivity index (χ0n) is 11.9. The highest BCUT2D eigenvalue weighted by atomic mass is 16.6. The third-order valence-corrected chi connectivity index (χ3v) is 2.82. The van der Waals surface area contributed by atoms with Crippen molar-refractivity contribution in [2.24, 2.45) is 5.92 Å². The molecule has 0 radical (unpaired) electrons. The standard InChI is InChI=1S/C13H21NO5/c1-13(2,3)19-12(17)14-6-5-10(15)9(8-14)7-11(16)18-4/h9H,5-8H2,1-4H3. The first-order valence-electron chi connectivity index (χ1n) is 6.30. The van der Waals surface area contributed by atoms with E-state index in [0.29, 0.717) is 6.54 Å². The van der Waals surface area contributed by atoms with E-state index in [0.717, 1.165) is 0 Å². The van der Waals surface area contributed by atoms with E-state index in [1.54, 1.807) is 20.8 Å². The monoisotopic (exact) mass is 271 g/mol. The van der Waals surface area contributed by atoms with Crippen molar-refractivity contribution in [1.82, 2.24) is 4.90 Å². The topological polar surface area (TPSA) is 72.9 Å². The van der Waals surface area contributed by atoms with Gasteiger partial charge in [0.1, 0.15) is 11.4 Å². The van der Waals surface area contributed by atoms with Crippen LogP contribution in [0, 0.1) is 5.92 Å². The van der Waals surface area contributed by atoms with E-state index in [1.807, 2.05) is 0 Å². The summed E-state index contributed by atoms with van der Waals surface area (Å²) in [5.41, 5.74) is -0.573. The number of hydrogen-bond donors (Lipinski definition) is 0. The van der Waals surface area contributed by atoms with Crippen LogP contribution in [-0.2, 0) is 19.1 Å². The first-order valence-corrected chi connectivity index (χ1v) is 6.30. The lowest BCUT2D eigenvalue weighted by molar-refractivity contribution is -0.145. The zero-order chi connectivity index (χ0) is 14.6. The van der Waals surface area contributed by atoms with Crippen LogP contribution in [-0.4, -0.2) is 48.5 Å². The molecule has 1 fully saturated rings. The van der Waals surface area contributed by atoms with Gasteiger partial charge in [-0.1, -0.05) is 0 Å². The molecular formula is C13H21NO5. The number of piperidine rings is 1. The number of ether oxygens (including phenoxy) is 2. The molecule has 0 aromatic carbocycles. The fraction of sp³-hybridized carbons (Fsp3) is 0.769. The van der Waals surface area contributed by atoms with E-state index in [1.165, 1.54) is 12.0 Å². The molecule has 1 amide bonds. The molecule has 6 nitrogen and oxygen atoms in total. The first-order chi connectivity index (χ1) is 8.73. The predicted molar refractivity (Wildman–Crippen MR) is 67.6 cm³/mol. The van der Waals surface area contributed by atoms with Crippen LogP contribution in [0.1, 0.15) is 33.6 Å². The van der Waals surface area contributed by atoms with Crippen molar-refractivity contribution >= 4 is 17.8 Å². The lowest BCUT2D eigenvalue weighted by Gasteiger charge is -2.33. The second-order valence-corrected chi connectivity index (χ2v) is 5.62. The van der Waals surface area contributed by atoms with Crippen molar-refractivity contribution in [2.75, 3.05) is 20.2 Å². The predicted octanol–water partition coefficient (Wildman–Crippen LogP) is 1.38. The van der Waals surface area contributed by atoms with Crippen LogP contribution in [0.15, 0.2) is 0 Å². The lowest BCUT2D eigenvalue weighted by atomic mass is 9.93. The summed E-state index contributed by atoms with van der Waals surface area (Å²) in [6.07, 6.45) is -0.190. The van der Waals surface area contributed by atoms with Crippen LogP contribution in [0.3, 0.4) is 0 Å². The van der Waals surface area contributed by atoms with Crippen molar-refractivity contribution in [1.29, 1.82) is 0 Å². The minimum absolute atomic E-state index is 0.00856. The summed E-state index contributed by atoms with van der Waals surface area (Å²) in [6.45, 7) is 5.90. The number of ketones is 1. The van der Waals surface area contributed by atoms with Crippen molar-refractivity contribution in [3.8, 4) is 0 Å². The summed E-state index contributed by atoms with van der Waals surface area (Å²) in [7, 11) is 1.28. The van der Waals surface area contributed by atoms with Crippen molar-refractivity contribution in [3.63, 3.8) is 0 Å². The van der Waals surface area contributed by atoms with Crippen LogP contribution in [0.25, 0.3) is 0 Å². The summed E-state index contributed by atoms with van der Waals surface area (Å²) in [5.74, 6) is -0.941. The van der Waals surface area contributed by atoms with Gasteiger partial charge in [-0.25, -0.2) is 4.79 Å². The maximum Gasteiger partial charge on any atom is 0.410 e. The quantitative estimate of drug-likeness (QED) is 0.709. The number of carbonyl (C=O) groups is 3. The second-order valence-electron chi connectivity index (χ2n) is 5.62. The number of likely N-dealkylation sites (tertiary alicyclic amines) is 1. The van der Waals surface area contributed by atoms with Crippen molar-refractivity contribution < 1.29 is 23.9 Å². The molecule has 19 heavy (non-hydrogen) atoms. The van der Waals surface area contributed by atoms with Gasteiger partial charge in [-0.2, -0.15) is 0 Å². The molecule has 1 heterocycles. The Hall–Kier alpha value is -1.59. The third kappa shape index (κ3) is 4.89. The Balaban J connectivity index is 2.61. The van der Waals surface area contributed by atoms with Gasteiger partial charge in [0.15, 0.2) is 0 Å². The molecule has 1 aliphatic heterocycles. The molecule has 0 N–H and O–H groups in total. The molecule has 1 atom stereocenters. The smallest absolute Gasteiger partial charge is 0.410 e. The van der Waals surface area contributed by atoms with Crippen LogP contribution in [0.4, 0.5) is 4.79 Å². The van der Waals surface area contributed by atoms with E-state index in [2.05, 4.69) is 4.74 Å². The first kappa shape index (κ1) is 15.5. The summed E-state index contributed by atoms with van der Waals surface area (Å²) in [4.78, 5) is 36.3. The molecule has 0 bridgehead atoms. The molecule has 6 heteroatoms. The Kier molecular flexibility index (Phi) is 4.91. The molecule has 0 aromatic rings. The number of amides is 1. The Morgan fingerprint density at radius 2 is 2.00 bits per heavy atom. The Labute approximate surface area is 113 Å². The maximum absolute atomic E-state index is 11.9. The minimum Gasteiger partial charge on any atom is -0.469 e. The summed E-state index contributed by atoms with van der Waals surface area (Å²) < 4.78 is 9.80. The second kappa shape index (κ2) is 6.04. The average Bonchev–Trinajstić information content (AvgIpc) is 2.29. The molecule has 1 unspecified atom stereocenters. The number of hydrogen-bond acceptors (Lipinski definition) is 5. The molecule has 108 valence electrons. The summed E-state index contributed by atoms with van der Waals surface area (Å²) >= 11 is 0. The van der Waals surface area contributed by atoms with E-state index in [-0.39, 0.29) is 25.2 Å². The minimum atomic E-state index is -0.573. The van der Waals surface area contributed by atoms with Gasteiger partial charge in [0.25, 0.3) is 0 Å². The molecular weight excluding hydrogens is 250 g/mol. The van der Waals surface area contributed by atoms with E-state index in [4.69, 9.17) is 4.74 Å². The highest BCUT2D eigenvalue weighted by Crippen LogP contribution is 2.19. The van der Waals surface area contributed by atoms with E-state index < -0.39 is 23.6 Å². The average molecular weight is 271 g/mol. The van der Waals surface area contributed by atoms with Crippen LogP contribution in [0.2, 0.25) is 0 Å². The number of esters is 1. The fourth-order valence-electron chi connectivity index (χ4n) is 1.86. The number of methoxy groups -OCH3 is 1. The van der Waals surface area contributed by atoms with Gasteiger partial charge in [0.05, 0.1) is 13.5 Å². The van der Waals surface area contributed by atoms with Gasteiger partial charge in [-0.05, 0) is 20.8 Å². The van der Waals surface area contributed by atoms with Gasteiger partial charge in [-0.15, -0.1) is 0 Å². The Morgan fingerprint density at radius 3 is 2.53 bits per heavy atom. The SMILES string of the molecule is COC(=O)CC1CN(C(=O)OC(C)(C)C)CCC1=O. The van der Waals surface area contributed by atoms with Gasteiger partial charge in [0, 0.05) is 25.4 Å². The van der Waals surface area contributed by atoms with Crippen LogP contribution in [0.5, 0.6) is 0 Å². The molecule has 0 aromatic heterocycles. The summed E-state index contributed by atoms with van der Waals surface area (Å²) in [5, 5.41) is 0. The Morgan fingerprint density at radius 1 is 1.37 bits per heavy atom. The lowest BCUT2D eigenvalue weighted by Crippen LogP contribution is -2.46. The zero-order valence-corrected chi connectivity index (χ0v) is 11.9. The van der Waals surface area contributed by atoms with Crippen LogP contribution >= 0.6 is 0 Å². The van der Waals surface area contributed by atoms with E-state index >= 15 is 0 Å². The molecule has 1 aliphatic rings. The van der Waals surface area contributed by atoms with Gasteiger partial charge in [-0.3, -0.25) is 9.59 Å². The number of carbonyl (C=O) groups excluding carboxylic acids is 3. The number of nitrogens with zero attached hydrogens (tertiary/aromatic N) is 1. The van der Waals surface area contributed by atoms with Crippen molar-refractivity contribution in [3.05, 3.63) is 0 Å². The molecule has 0 saturated carbocycles. The fourth-order valence-corrected chi connectivity index (χ4v) is 1.86. The summed E-state index contributed by atoms with van der Waals surface area (Å²) in [6, 6.07) is 0. The molecule has 0 aliphatic carbocycles. The highest BCUT2D eigenvalue weighted by molar-refractivity contribution is 5.87. The number of rotatable bonds is 2.